The number of hydrogen-bond donors (Lipinski definition) is 1. The van der Waals surface area contributed by atoms with Crippen LogP contribution in [0.2, 0.25) is 5.02 Å². The Bertz CT molecular complexity index is 1160. The predicted octanol–water partition coefficient (Wildman–Crippen LogP) is 5.41. The molecule has 0 bridgehead atoms. The fraction of sp³-hybridized carbons (Fsp3) is 0.375. The molecule has 2 heterocycles. The van der Waals surface area contributed by atoms with Gasteiger partial charge in [0, 0.05) is 11.6 Å². The SMILES string of the molecule is C[C@@H](NC(=O)CSc1nnc(-c2ccccc2Cl)n1C1CCCC1)c1ccc2c(c1)OCO2. The molecule has 7 nitrogen and oxygen atoms in total. The number of carbonyl (C=O) groups excluding carboxylic acids is 1. The van der Waals surface area contributed by atoms with E-state index >= 15 is 0 Å². The van der Waals surface area contributed by atoms with Crippen LogP contribution >= 0.6 is 23.4 Å². The summed E-state index contributed by atoms with van der Waals surface area (Å²) in [4.78, 5) is 12.7. The first-order valence-corrected chi connectivity index (χ1v) is 12.5. The van der Waals surface area contributed by atoms with Crippen LogP contribution < -0.4 is 14.8 Å². The van der Waals surface area contributed by atoms with E-state index in [2.05, 4.69) is 20.1 Å². The summed E-state index contributed by atoms with van der Waals surface area (Å²) in [5, 5.41) is 13.4. The van der Waals surface area contributed by atoms with Gasteiger partial charge in [0.15, 0.2) is 22.5 Å². The third-order valence-corrected chi connectivity index (χ3v) is 7.35. The lowest BCUT2D eigenvalue weighted by molar-refractivity contribution is -0.119. The number of ether oxygens (including phenoxy) is 2. The van der Waals surface area contributed by atoms with Gasteiger partial charge in [-0.2, -0.15) is 0 Å². The zero-order valence-electron chi connectivity index (χ0n) is 18.3. The summed E-state index contributed by atoms with van der Waals surface area (Å²) in [5.74, 6) is 2.39. The van der Waals surface area contributed by atoms with Crippen LogP contribution in [-0.2, 0) is 4.79 Å². The number of hydrogen-bond acceptors (Lipinski definition) is 6. The van der Waals surface area contributed by atoms with E-state index in [-0.39, 0.29) is 24.5 Å². The number of nitrogens with zero attached hydrogens (tertiary/aromatic N) is 3. The molecule has 2 aromatic carbocycles. The molecule has 172 valence electrons. The van der Waals surface area contributed by atoms with E-state index in [0.29, 0.717) is 16.8 Å². The molecule has 33 heavy (non-hydrogen) atoms. The van der Waals surface area contributed by atoms with Crippen LogP contribution in [0.3, 0.4) is 0 Å². The monoisotopic (exact) mass is 484 g/mol. The standard InChI is InChI=1S/C24H25ClN4O3S/c1-15(16-10-11-20-21(12-16)32-14-31-20)26-22(30)13-33-24-28-27-23(18-8-4-5-9-19(18)25)29(24)17-6-2-3-7-17/h4-5,8-12,15,17H,2-3,6-7,13-14H2,1H3,(H,26,30)/t15-/m1/s1. The number of benzene rings is 2. The first-order valence-electron chi connectivity index (χ1n) is 11.1. The van der Waals surface area contributed by atoms with Gasteiger partial charge in [-0.3, -0.25) is 9.36 Å². The normalized spacial score (nSPS) is 16.2. The number of rotatable bonds is 7. The molecule has 1 atom stereocenters. The van der Waals surface area contributed by atoms with Crippen LogP contribution in [0.1, 0.15) is 50.3 Å². The van der Waals surface area contributed by atoms with Crippen molar-refractivity contribution in [2.75, 3.05) is 12.5 Å². The number of nitrogens with one attached hydrogen (secondary N) is 1. The van der Waals surface area contributed by atoms with Crippen molar-refractivity contribution in [3.63, 3.8) is 0 Å². The van der Waals surface area contributed by atoms with Crippen LogP contribution in [-0.4, -0.2) is 33.2 Å². The van der Waals surface area contributed by atoms with Crippen LogP contribution in [0.15, 0.2) is 47.6 Å². The highest BCUT2D eigenvalue weighted by atomic mass is 35.5. The molecule has 0 unspecified atom stereocenters. The first-order chi connectivity index (χ1) is 16.1. The van der Waals surface area contributed by atoms with Crippen molar-refractivity contribution >= 4 is 29.3 Å². The number of aromatic nitrogens is 3. The zero-order chi connectivity index (χ0) is 22.8. The van der Waals surface area contributed by atoms with Crippen molar-refractivity contribution in [1.29, 1.82) is 0 Å². The molecule has 1 N–H and O–H groups in total. The Morgan fingerprint density at radius 1 is 1.18 bits per heavy atom. The maximum atomic E-state index is 12.7. The second kappa shape index (κ2) is 9.65. The van der Waals surface area contributed by atoms with Gasteiger partial charge in [-0.1, -0.05) is 54.4 Å². The first kappa shape index (κ1) is 22.1. The van der Waals surface area contributed by atoms with Crippen molar-refractivity contribution in [2.45, 2.75) is 49.8 Å². The third kappa shape index (κ3) is 4.68. The van der Waals surface area contributed by atoms with E-state index in [1.54, 1.807) is 0 Å². The quantitative estimate of drug-likeness (QED) is 0.451. The summed E-state index contributed by atoms with van der Waals surface area (Å²) in [7, 11) is 0. The molecule has 1 aromatic heterocycles. The zero-order valence-corrected chi connectivity index (χ0v) is 19.9. The molecule has 1 aliphatic carbocycles. The van der Waals surface area contributed by atoms with E-state index in [4.69, 9.17) is 21.1 Å². The lowest BCUT2D eigenvalue weighted by atomic mass is 10.1. The van der Waals surface area contributed by atoms with E-state index in [0.717, 1.165) is 40.7 Å². The molecule has 1 amide bonds. The third-order valence-electron chi connectivity index (χ3n) is 6.08. The summed E-state index contributed by atoms with van der Waals surface area (Å²) in [6, 6.07) is 13.6. The van der Waals surface area contributed by atoms with Gasteiger partial charge in [0.2, 0.25) is 12.7 Å². The molecule has 2 aliphatic rings. The Kier molecular flexibility index (Phi) is 6.46. The van der Waals surface area contributed by atoms with Crippen LogP contribution in [0.25, 0.3) is 11.4 Å². The second-order valence-electron chi connectivity index (χ2n) is 8.28. The minimum absolute atomic E-state index is 0.0644. The highest BCUT2D eigenvalue weighted by Crippen LogP contribution is 2.38. The summed E-state index contributed by atoms with van der Waals surface area (Å²) in [6.45, 7) is 2.19. The Hall–Kier alpha value is -2.71. The maximum absolute atomic E-state index is 12.7. The lowest BCUT2D eigenvalue weighted by Crippen LogP contribution is -2.28. The van der Waals surface area contributed by atoms with Crippen molar-refractivity contribution in [2.24, 2.45) is 0 Å². The van der Waals surface area contributed by atoms with Gasteiger partial charge < -0.3 is 14.8 Å². The van der Waals surface area contributed by atoms with Gasteiger partial charge in [-0.05, 0) is 49.6 Å². The van der Waals surface area contributed by atoms with E-state index in [1.165, 1.54) is 24.6 Å². The second-order valence-corrected chi connectivity index (χ2v) is 9.63. The predicted molar refractivity (Wildman–Crippen MR) is 128 cm³/mol. The van der Waals surface area contributed by atoms with Gasteiger partial charge in [0.1, 0.15) is 0 Å². The van der Waals surface area contributed by atoms with Crippen LogP contribution in [0.5, 0.6) is 11.5 Å². The molecule has 3 aromatic rings. The maximum Gasteiger partial charge on any atom is 0.231 e. The minimum atomic E-state index is -0.154. The number of amides is 1. The van der Waals surface area contributed by atoms with E-state index in [9.17, 15) is 4.79 Å². The highest BCUT2D eigenvalue weighted by molar-refractivity contribution is 7.99. The molecule has 9 heteroatoms. The largest absolute Gasteiger partial charge is 0.454 e. The minimum Gasteiger partial charge on any atom is -0.454 e. The Morgan fingerprint density at radius 3 is 2.79 bits per heavy atom. The summed E-state index contributed by atoms with van der Waals surface area (Å²) < 4.78 is 13.0. The fourth-order valence-corrected chi connectivity index (χ4v) is 5.41. The highest BCUT2D eigenvalue weighted by Gasteiger charge is 2.26. The molecule has 1 fully saturated rings. The fourth-order valence-electron chi connectivity index (χ4n) is 4.37. The molecule has 1 saturated carbocycles. The number of thioether (sulfide) groups is 1. The van der Waals surface area contributed by atoms with Crippen molar-refractivity contribution in [3.8, 4) is 22.9 Å². The van der Waals surface area contributed by atoms with Crippen molar-refractivity contribution in [3.05, 3.63) is 53.1 Å². The summed E-state index contributed by atoms with van der Waals surface area (Å²) >= 11 is 7.87. The Morgan fingerprint density at radius 2 is 1.97 bits per heavy atom. The van der Waals surface area contributed by atoms with Crippen molar-refractivity contribution in [1.82, 2.24) is 20.1 Å². The number of fused-ring (bicyclic) bond motifs is 1. The topological polar surface area (TPSA) is 78.3 Å². The van der Waals surface area contributed by atoms with Crippen LogP contribution in [0.4, 0.5) is 0 Å². The number of halogens is 1. The van der Waals surface area contributed by atoms with Crippen molar-refractivity contribution < 1.29 is 14.3 Å². The van der Waals surface area contributed by atoms with Gasteiger partial charge >= 0.3 is 0 Å². The molecule has 0 radical (unpaired) electrons. The van der Waals surface area contributed by atoms with E-state index in [1.807, 2.05) is 49.4 Å². The van der Waals surface area contributed by atoms with E-state index < -0.39 is 0 Å². The molecule has 5 rings (SSSR count). The molecule has 0 spiro atoms. The van der Waals surface area contributed by atoms with Gasteiger partial charge in [0.25, 0.3) is 0 Å². The Balaban J connectivity index is 1.29. The average molecular weight is 485 g/mol. The number of carbonyl (C=O) groups is 1. The molecule has 1 aliphatic heterocycles. The Labute approximate surface area is 201 Å². The molecule has 0 saturated heterocycles. The van der Waals surface area contributed by atoms with Crippen LogP contribution in [0, 0.1) is 0 Å². The summed E-state index contributed by atoms with van der Waals surface area (Å²) in [5.41, 5.74) is 1.83. The lowest BCUT2D eigenvalue weighted by Gasteiger charge is -2.18. The van der Waals surface area contributed by atoms with Gasteiger partial charge in [0.05, 0.1) is 16.8 Å². The van der Waals surface area contributed by atoms with Gasteiger partial charge in [-0.15, -0.1) is 10.2 Å². The molecular formula is C24H25ClN4O3S. The van der Waals surface area contributed by atoms with Gasteiger partial charge in [-0.25, -0.2) is 0 Å². The smallest absolute Gasteiger partial charge is 0.231 e. The summed E-state index contributed by atoms with van der Waals surface area (Å²) in [6.07, 6.45) is 4.53. The molecular weight excluding hydrogens is 460 g/mol. The average Bonchev–Trinajstić information content (AvgIpc) is 3.57.